The molecule has 0 radical (unpaired) electrons. The van der Waals surface area contributed by atoms with Crippen LogP contribution in [0.2, 0.25) is 0 Å². The van der Waals surface area contributed by atoms with E-state index in [1.165, 1.54) is 12.1 Å². The number of benzene rings is 2. The Morgan fingerprint density at radius 3 is 2.23 bits per heavy atom. The van der Waals surface area contributed by atoms with Crippen LogP contribution in [0.25, 0.3) is 10.8 Å². The summed E-state index contributed by atoms with van der Waals surface area (Å²) in [6, 6.07) is 9.42. The molecule has 1 unspecified atom stereocenters. The average molecular weight is 310 g/mol. The van der Waals surface area contributed by atoms with Crippen molar-refractivity contribution < 1.29 is 22.7 Å². The second-order valence-electron chi connectivity index (χ2n) is 5.29. The zero-order chi connectivity index (χ0) is 16.5. The van der Waals surface area contributed by atoms with Gasteiger partial charge in [0.25, 0.3) is 0 Å². The van der Waals surface area contributed by atoms with Crippen LogP contribution in [0.15, 0.2) is 36.4 Å². The number of fused-ring (bicyclic) bond motifs is 1. The highest BCUT2D eigenvalue weighted by atomic mass is 19.4. The number of halogens is 3. The lowest BCUT2D eigenvalue weighted by Gasteiger charge is -2.31. The van der Waals surface area contributed by atoms with Crippen LogP contribution >= 0.6 is 0 Å². The zero-order valence-electron chi connectivity index (χ0n) is 12.6. The van der Waals surface area contributed by atoms with Gasteiger partial charge in [0, 0.05) is 19.1 Å². The van der Waals surface area contributed by atoms with Crippen LogP contribution in [0.3, 0.4) is 0 Å². The molecule has 2 aromatic carbocycles. The predicted octanol–water partition coefficient (Wildman–Crippen LogP) is 4.86. The molecule has 0 heterocycles. The number of ether oxygens (including phenoxy) is 1. The van der Waals surface area contributed by atoms with Crippen LogP contribution in [0, 0.1) is 0 Å². The molecule has 0 aliphatic heterocycles. The molecule has 2 rings (SSSR count). The second kappa shape index (κ2) is 5.72. The van der Waals surface area contributed by atoms with E-state index in [-0.39, 0.29) is 11.3 Å². The highest BCUT2D eigenvalue weighted by Crippen LogP contribution is 2.42. The molecule has 2 aromatic rings. The molecule has 22 heavy (non-hydrogen) atoms. The summed E-state index contributed by atoms with van der Waals surface area (Å²) in [6.07, 6.45) is -4.13. The Morgan fingerprint density at radius 2 is 1.68 bits per heavy atom. The zero-order valence-corrected chi connectivity index (χ0v) is 12.6. The third kappa shape index (κ3) is 2.73. The minimum atomic E-state index is -4.52. The van der Waals surface area contributed by atoms with E-state index in [2.05, 4.69) is 0 Å². The van der Waals surface area contributed by atoms with Gasteiger partial charge < -0.3 is 4.74 Å². The highest BCUT2D eigenvalue weighted by molar-refractivity contribution is 5.99. The maximum absolute atomic E-state index is 13.2. The molecule has 2 nitrogen and oxygen atoms in total. The van der Waals surface area contributed by atoms with Crippen molar-refractivity contribution in [3.05, 3.63) is 47.5 Å². The SMILES string of the molecule is CCC(=O)c1ccc2cc(C(C)(OC)C(F)(F)F)ccc2c1. The van der Waals surface area contributed by atoms with Gasteiger partial charge in [0.1, 0.15) is 0 Å². The van der Waals surface area contributed by atoms with Crippen molar-refractivity contribution in [2.45, 2.75) is 32.0 Å². The van der Waals surface area contributed by atoms with E-state index in [1.54, 1.807) is 31.2 Å². The van der Waals surface area contributed by atoms with Gasteiger partial charge in [-0.2, -0.15) is 13.2 Å². The van der Waals surface area contributed by atoms with Gasteiger partial charge in [-0.25, -0.2) is 0 Å². The van der Waals surface area contributed by atoms with Gasteiger partial charge >= 0.3 is 6.18 Å². The molecule has 0 aliphatic carbocycles. The largest absolute Gasteiger partial charge is 0.421 e. The van der Waals surface area contributed by atoms with Crippen LogP contribution in [-0.4, -0.2) is 19.1 Å². The van der Waals surface area contributed by atoms with Gasteiger partial charge in [0.05, 0.1) is 0 Å². The minimum Gasteiger partial charge on any atom is -0.364 e. The molecule has 1 atom stereocenters. The Hall–Kier alpha value is -1.88. The summed E-state index contributed by atoms with van der Waals surface area (Å²) >= 11 is 0. The Kier molecular flexibility index (Phi) is 4.29. The summed E-state index contributed by atoms with van der Waals surface area (Å²) in [5.41, 5.74) is -1.77. The second-order valence-corrected chi connectivity index (χ2v) is 5.29. The fraction of sp³-hybridized carbons (Fsp3) is 0.353. The van der Waals surface area contributed by atoms with E-state index in [4.69, 9.17) is 4.74 Å². The normalized spacial score (nSPS) is 14.8. The minimum absolute atomic E-state index is 0.00278. The van der Waals surface area contributed by atoms with Gasteiger partial charge in [-0.3, -0.25) is 4.79 Å². The quantitative estimate of drug-likeness (QED) is 0.754. The van der Waals surface area contributed by atoms with Crippen molar-refractivity contribution in [3.8, 4) is 0 Å². The maximum atomic E-state index is 13.2. The molecule has 0 saturated heterocycles. The first-order chi connectivity index (χ1) is 10.2. The fourth-order valence-corrected chi connectivity index (χ4v) is 2.32. The summed E-state index contributed by atoms with van der Waals surface area (Å²) in [5, 5.41) is 1.36. The topological polar surface area (TPSA) is 26.3 Å². The van der Waals surface area contributed by atoms with Crippen molar-refractivity contribution in [3.63, 3.8) is 0 Å². The third-order valence-corrected chi connectivity index (χ3v) is 3.98. The van der Waals surface area contributed by atoms with E-state index in [0.29, 0.717) is 17.4 Å². The van der Waals surface area contributed by atoms with Crippen LogP contribution in [0.4, 0.5) is 13.2 Å². The standard InChI is InChI=1S/C17H17F3O2/c1-4-15(21)13-6-5-12-10-14(8-7-11(12)9-13)16(2,22-3)17(18,19)20/h5-10H,4H2,1-3H3. The van der Waals surface area contributed by atoms with E-state index in [1.807, 2.05) is 0 Å². The monoisotopic (exact) mass is 310 g/mol. The third-order valence-electron chi connectivity index (χ3n) is 3.98. The van der Waals surface area contributed by atoms with Crippen molar-refractivity contribution in [1.29, 1.82) is 0 Å². The smallest absolute Gasteiger partial charge is 0.364 e. The van der Waals surface area contributed by atoms with Crippen LogP contribution in [0.5, 0.6) is 0 Å². The first-order valence-corrected chi connectivity index (χ1v) is 6.92. The van der Waals surface area contributed by atoms with Gasteiger partial charge in [-0.05, 0) is 35.4 Å². The van der Waals surface area contributed by atoms with E-state index >= 15 is 0 Å². The molecular formula is C17H17F3O2. The Labute approximate surface area is 126 Å². The van der Waals surface area contributed by atoms with Gasteiger partial charge in [-0.1, -0.05) is 31.2 Å². The van der Waals surface area contributed by atoms with Crippen molar-refractivity contribution in [1.82, 2.24) is 0 Å². The van der Waals surface area contributed by atoms with Crippen LogP contribution in [-0.2, 0) is 10.3 Å². The van der Waals surface area contributed by atoms with E-state index in [9.17, 15) is 18.0 Å². The molecule has 0 spiro atoms. The fourth-order valence-electron chi connectivity index (χ4n) is 2.32. The number of carbonyl (C=O) groups excluding carboxylic acids is 1. The van der Waals surface area contributed by atoms with E-state index in [0.717, 1.165) is 19.4 Å². The number of hydrogen-bond acceptors (Lipinski definition) is 2. The Bertz CT molecular complexity index is 707. The molecule has 0 aliphatic rings. The molecular weight excluding hydrogens is 293 g/mol. The summed E-state index contributed by atoms with van der Waals surface area (Å²) in [7, 11) is 1.04. The van der Waals surface area contributed by atoms with Crippen LogP contribution in [0.1, 0.15) is 36.2 Å². The van der Waals surface area contributed by atoms with Crippen molar-refractivity contribution >= 4 is 16.6 Å². The molecule has 118 valence electrons. The van der Waals surface area contributed by atoms with Crippen molar-refractivity contribution in [2.75, 3.05) is 7.11 Å². The molecule has 0 aromatic heterocycles. The average Bonchev–Trinajstić information content (AvgIpc) is 2.51. The van der Waals surface area contributed by atoms with Crippen LogP contribution < -0.4 is 0 Å². The number of Topliss-reactive ketones (excluding diaryl/α,β-unsaturated/α-hetero) is 1. The number of hydrogen-bond donors (Lipinski definition) is 0. The lowest BCUT2D eigenvalue weighted by Crippen LogP contribution is -2.41. The van der Waals surface area contributed by atoms with Gasteiger partial charge in [-0.15, -0.1) is 0 Å². The predicted molar refractivity (Wildman–Crippen MR) is 79.0 cm³/mol. The number of ketones is 1. The van der Waals surface area contributed by atoms with Gasteiger partial charge in [0.15, 0.2) is 11.4 Å². The summed E-state index contributed by atoms with van der Waals surface area (Å²) < 4.78 is 44.4. The maximum Gasteiger partial charge on any atom is 0.421 e. The number of carbonyl (C=O) groups is 1. The molecule has 5 heteroatoms. The molecule has 0 fully saturated rings. The molecule has 0 bridgehead atoms. The number of methoxy groups -OCH3 is 1. The molecule has 0 N–H and O–H groups in total. The summed E-state index contributed by atoms with van der Waals surface area (Å²) in [4.78, 5) is 11.7. The first kappa shape index (κ1) is 16.5. The number of rotatable bonds is 4. The first-order valence-electron chi connectivity index (χ1n) is 6.92. The van der Waals surface area contributed by atoms with Crippen molar-refractivity contribution in [2.24, 2.45) is 0 Å². The summed E-state index contributed by atoms with van der Waals surface area (Å²) in [5.74, 6) is 0.00278. The Balaban J connectivity index is 2.54. The molecule has 0 saturated carbocycles. The van der Waals surface area contributed by atoms with Gasteiger partial charge in [0.2, 0.25) is 0 Å². The Morgan fingerprint density at radius 1 is 1.09 bits per heavy atom. The lowest BCUT2D eigenvalue weighted by molar-refractivity contribution is -0.269. The molecule has 0 amide bonds. The summed E-state index contributed by atoms with van der Waals surface area (Å²) in [6.45, 7) is 2.77. The lowest BCUT2D eigenvalue weighted by atomic mass is 9.92. The number of alkyl halides is 3. The highest BCUT2D eigenvalue weighted by Gasteiger charge is 2.53. The van der Waals surface area contributed by atoms with E-state index < -0.39 is 11.8 Å².